The monoisotopic (exact) mass is 417 g/mol. The van der Waals surface area contributed by atoms with Crippen LogP contribution in [0.2, 0.25) is 0 Å². The number of rotatable bonds is 5. The van der Waals surface area contributed by atoms with Gasteiger partial charge in [-0.2, -0.15) is 10.2 Å². The number of amides is 1. The second kappa shape index (κ2) is 8.23. The molecular weight excluding hydrogens is 398 g/mol. The first kappa shape index (κ1) is 20.0. The van der Waals surface area contributed by atoms with E-state index in [0.29, 0.717) is 16.6 Å². The fourth-order valence-electron chi connectivity index (χ4n) is 3.22. The summed E-state index contributed by atoms with van der Waals surface area (Å²) in [5, 5.41) is 13.9. The van der Waals surface area contributed by atoms with Crippen LogP contribution in [0.25, 0.3) is 16.5 Å². The number of anilines is 1. The van der Waals surface area contributed by atoms with Gasteiger partial charge < -0.3 is 10.1 Å². The molecule has 0 fully saturated rings. The Labute approximate surface area is 176 Å². The van der Waals surface area contributed by atoms with Gasteiger partial charge in [0.1, 0.15) is 5.82 Å². The van der Waals surface area contributed by atoms with E-state index >= 15 is 0 Å². The van der Waals surface area contributed by atoms with Gasteiger partial charge in [0, 0.05) is 11.5 Å². The fraction of sp³-hybridized carbons (Fsp3) is 0.136. The van der Waals surface area contributed by atoms with E-state index < -0.39 is 24.0 Å². The van der Waals surface area contributed by atoms with Gasteiger partial charge in [-0.3, -0.25) is 9.59 Å². The molecular formula is C22H19N5O4. The third-order valence-corrected chi connectivity index (χ3v) is 4.67. The molecule has 2 heterocycles. The maximum Gasteiger partial charge on any atom is 0.359 e. The molecule has 0 saturated heterocycles. The Bertz CT molecular complexity index is 1360. The van der Waals surface area contributed by atoms with Gasteiger partial charge in [0.15, 0.2) is 12.3 Å². The maximum atomic E-state index is 12.5. The van der Waals surface area contributed by atoms with Gasteiger partial charge in [0.25, 0.3) is 11.5 Å². The number of ether oxygens (including phenoxy) is 1. The van der Waals surface area contributed by atoms with E-state index in [1.54, 1.807) is 35.0 Å². The molecule has 4 aromatic rings. The van der Waals surface area contributed by atoms with Crippen molar-refractivity contribution < 1.29 is 14.3 Å². The number of hydrogen-bond acceptors (Lipinski definition) is 6. The molecule has 31 heavy (non-hydrogen) atoms. The standard InChI is InChI=1S/C22H19N5O4/c1-13-7-3-6-10-17(13)27-18(11-14(2)26-27)23-19(28)12-31-22(30)20-15-8-4-5-9-16(15)21(29)25-24-20/h3-11H,12H2,1-2H3,(H,23,28)(H,25,29). The first-order valence-electron chi connectivity index (χ1n) is 9.51. The highest BCUT2D eigenvalue weighted by atomic mass is 16.5. The molecule has 2 aromatic carbocycles. The van der Waals surface area contributed by atoms with Gasteiger partial charge in [-0.25, -0.2) is 14.6 Å². The van der Waals surface area contributed by atoms with Crippen LogP contribution in [0, 0.1) is 13.8 Å². The summed E-state index contributed by atoms with van der Waals surface area (Å²) >= 11 is 0. The van der Waals surface area contributed by atoms with Gasteiger partial charge in [-0.1, -0.05) is 36.4 Å². The molecule has 0 spiro atoms. The van der Waals surface area contributed by atoms with Crippen LogP contribution < -0.4 is 10.9 Å². The Hall–Kier alpha value is -4.27. The molecule has 0 saturated carbocycles. The minimum atomic E-state index is -0.814. The summed E-state index contributed by atoms with van der Waals surface area (Å²) in [6.07, 6.45) is 0. The summed E-state index contributed by atoms with van der Waals surface area (Å²) in [5.74, 6) is -0.886. The molecule has 0 aliphatic heterocycles. The Morgan fingerprint density at radius 2 is 1.77 bits per heavy atom. The van der Waals surface area contributed by atoms with Gasteiger partial charge in [0.05, 0.1) is 16.8 Å². The van der Waals surface area contributed by atoms with Crippen molar-refractivity contribution in [3.8, 4) is 5.69 Å². The Kier molecular flexibility index (Phi) is 5.31. The quantitative estimate of drug-likeness (QED) is 0.482. The predicted molar refractivity (Wildman–Crippen MR) is 114 cm³/mol. The van der Waals surface area contributed by atoms with Crippen molar-refractivity contribution >= 4 is 28.5 Å². The van der Waals surface area contributed by atoms with E-state index in [-0.39, 0.29) is 5.69 Å². The van der Waals surface area contributed by atoms with Crippen LogP contribution in [0.15, 0.2) is 59.4 Å². The summed E-state index contributed by atoms with van der Waals surface area (Å²) in [4.78, 5) is 36.8. The van der Waals surface area contributed by atoms with Crippen molar-refractivity contribution in [2.24, 2.45) is 0 Å². The lowest BCUT2D eigenvalue weighted by atomic mass is 10.1. The second-order valence-corrected chi connectivity index (χ2v) is 6.94. The van der Waals surface area contributed by atoms with Crippen LogP contribution in [0.3, 0.4) is 0 Å². The zero-order valence-corrected chi connectivity index (χ0v) is 16.9. The van der Waals surface area contributed by atoms with Gasteiger partial charge in [0.2, 0.25) is 0 Å². The van der Waals surface area contributed by atoms with Crippen molar-refractivity contribution in [2.45, 2.75) is 13.8 Å². The first-order valence-corrected chi connectivity index (χ1v) is 9.51. The molecule has 0 radical (unpaired) electrons. The van der Waals surface area contributed by atoms with Gasteiger partial charge in [-0.05, 0) is 31.5 Å². The molecule has 0 unspecified atom stereocenters. The highest BCUT2D eigenvalue weighted by Crippen LogP contribution is 2.20. The number of aryl methyl sites for hydroxylation is 2. The summed E-state index contributed by atoms with van der Waals surface area (Å²) in [6.45, 7) is 3.24. The average Bonchev–Trinajstić information content (AvgIpc) is 3.12. The Morgan fingerprint density at radius 3 is 2.55 bits per heavy atom. The van der Waals surface area contributed by atoms with E-state index in [1.165, 1.54) is 0 Å². The second-order valence-electron chi connectivity index (χ2n) is 6.94. The summed E-state index contributed by atoms with van der Waals surface area (Å²) in [7, 11) is 0. The zero-order chi connectivity index (χ0) is 22.0. The number of benzene rings is 2. The Balaban J connectivity index is 1.49. The van der Waals surface area contributed by atoms with Crippen LogP contribution in [-0.2, 0) is 9.53 Å². The number of esters is 1. The SMILES string of the molecule is Cc1cc(NC(=O)COC(=O)c2n[nH]c(=O)c3ccccc23)n(-c2ccccc2C)n1. The van der Waals surface area contributed by atoms with E-state index in [2.05, 4.69) is 20.6 Å². The summed E-state index contributed by atoms with van der Waals surface area (Å²) in [6, 6.07) is 15.9. The van der Waals surface area contributed by atoms with Gasteiger partial charge in [-0.15, -0.1) is 0 Å². The number of nitrogens with zero attached hydrogens (tertiary/aromatic N) is 3. The smallest absolute Gasteiger partial charge is 0.359 e. The van der Waals surface area contributed by atoms with E-state index in [9.17, 15) is 14.4 Å². The van der Waals surface area contributed by atoms with Crippen molar-refractivity contribution in [3.05, 3.63) is 81.9 Å². The van der Waals surface area contributed by atoms with Crippen molar-refractivity contribution in [2.75, 3.05) is 11.9 Å². The van der Waals surface area contributed by atoms with Gasteiger partial charge >= 0.3 is 5.97 Å². The van der Waals surface area contributed by atoms with Crippen LogP contribution in [0.5, 0.6) is 0 Å². The molecule has 9 heteroatoms. The molecule has 156 valence electrons. The van der Waals surface area contributed by atoms with Crippen molar-refractivity contribution in [1.29, 1.82) is 0 Å². The number of hydrogen-bond donors (Lipinski definition) is 2. The number of carbonyl (C=O) groups is 2. The third-order valence-electron chi connectivity index (χ3n) is 4.67. The number of nitrogens with one attached hydrogen (secondary N) is 2. The Morgan fingerprint density at radius 1 is 1.06 bits per heavy atom. The summed E-state index contributed by atoms with van der Waals surface area (Å²) in [5.41, 5.74) is 2.06. The van der Waals surface area contributed by atoms with Crippen LogP contribution in [0.4, 0.5) is 5.82 Å². The highest BCUT2D eigenvalue weighted by molar-refractivity contribution is 6.03. The van der Waals surface area contributed by atoms with Crippen LogP contribution in [-0.4, -0.2) is 38.5 Å². The average molecular weight is 417 g/mol. The minimum Gasteiger partial charge on any atom is -0.451 e. The predicted octanol–water partition coefficient (Wildman–Crippen LogP) is 2.52. The summed E-state index contributed by atoms with van der Waals surface area (Å²) < 4.78 is 6.75. The first-order chi connectivity index (χ1) is 14.9. The lowest BCUT2D eigenvalue weighted by molar-refractivity contribution is -0.119. The lowest BCUT2D eigenvalue weighted by Gasteiger charge is -2.11. The fourth-order valence-corrected chi connectivity index (χ4v) is 3.22. The molecule has 0 aliphatic carbocycles. The van der Waals surface area contributed by atoms with Crippen LogP contribution in [0.1, 0.15) is 21.7 Å². The third kappa shape index (κ3) is 4.06. The number of aromatic amines is 1. The van der Waals surface area contributed by atoms with Crippen LogP contribution >= 0.6 is 0 Å². The topological polar surface area (TPSA) is 119 Å². The van der Waals surface area contributed by atoms with Crippen molar-refractivity contribution in [1.82, 2.24) is 20.0 Å². The molecule has 9 nitrogen and oxygen atoms in total. The highest BCUT2D eigenvalue weighted by Gasteiger charge is 2.18. The molecule has 0 atom stereocenters. The maximum absolute atomic E-state index is 12.5. The molecule has 0 bridgehead atoms. The minimum absolute atomic E-state index is 0.0659. The largest absolute Gasteiger partial charge is 0.451 e. The number of H-pyrrole nitrogens is 1. The molecule has 2 N–H and O–H groups in total. The molecule has 4 rings (SSSR count). The zero-order valence-electron chi connectivity index (χ0n) is 16.9. The van der Waals surface area contributed by atoms with E-state index in [4.69, 9.17) is 4.74 Å². The molecule has 2 aromatic heterocycles. The number of carbonyl (C=O) groups excluding carboxylic acids is 2. The number of fused-ring (bicyclic) bond motifs is 1. The normalized spacial score (nSPS) is 10.8. The number of aromatic nitrogens is 4. The molecule has 1 amide bonds. The van der Waals surface area contributed by atoms with Crippen molar-refractivity contribution in [3.63, 3.8) is 0 Å². The molecule has 0 aliphatic rings. The van der Waals surface area contributed by atoms with E-state index in [1.807, 2.05) is 38.1 Å². The van der Waals surface area contributed by atoms with E-state index in [0.717, 1.165) is 16.9 Å². The lowest BCUT2D eigenvalue weighted by Crippen LogP contribution is -2.23. The number of para-hydroxylation sites is 1.